The summed E-state index contributed by atoms with van der Waals surface area (Å²) in [6.45, 7) is 0.163. The van der Waals surface area contributed by atoms with Crippen molar-refractivity contribution in [2.45, 2.75) is 31.6 Å². The van der Waals surface area contributed by atoms with Crippen LogP contribution in [-0.4, -0.2) is 64.0 Å². The molecule has 2 unspecified atom stereocenters. The largest absolute Gasteiger partial charge is 0.324 e. The zero-order valence-electron chi connectivity index (χ0n) is 18.5. The van der Waals surface area contributed by atoms with Gasteiger partial charge in [0.25, 0.3) is 5.91 Å². The molecule has 0 aliphatic carbocycles. The standard InChI is InChI=1S/C24H23N5O5/c1-27-20(31)13-29(22(27)14-5-3-2-4-6-14)24(34)25-16-7-8-17-15(11-16)12-28(23(17)33)18-9-10-19(30)26-21(18)32/h2-8,11,18,22H,9-10,12-13H2,1H3,(H,25,34)(H,26,30,32). The highest BCUT2D eigenvalue weighted by Crippen LogP contribution is 2.32. The number of anilines is 1. The van der Waals surface area contributed by atoms with Crippen molar-refractivity contribution in [2.24, 2.45) is 0 Å². The second-order valence-electron chi connectivity index (χ2n) is 8.62. The third-order valence-corrected chi connectivity index (χ3v) is 6.49. The highest BCUT2D eigenvalue weighted by Gasteiger charge is 2.41. The van der Waals surface area contributed by atoms with Gasteiger partial charge in [0, 0.05) is 31.3 Å². The number of likely N-dealkylation sites (N-methyl/N-ethyl adjacent to an activating group) is 1. The molecule has 5 rings (SSSR count). The Morgan fingerprint density at radius 2 is 1.79 bits per heavy atom. The van der Waals surface area contributed by atoms with Crippen LogP contribution in [0.15, 0.2) is 48.5 Å². The molecular formula is C24H23N5O5. The van der Waals surface area contributed by atoms with E-state index in [-0.39, 0.29) is 43.7 Å². The third-order valence-electron chi connectivity index (χ3n) is 6.49. The van der Waals surface area contributed by atoms with Crippen molar-refractivity contribution >= 4 is 35.3 Å². The molecule has 6 amide bonds. The monoisotopic (exact) mass is 461 g/mol. The molecule has 0 aromatic heterocycles. The van der Waals surface area contributed by atoms with Crippen molar-refractivity contribution in [1.29, 1.82) is 0 Å². The average Bonchev–Trinajstić information content (AvgIpc) is 3.30. The molecule has 2 saturated heterocycles. The van der Waals surface area contributed by atoms with E-state index in [1.54, 1.807) is 25.2 Å². The number of amides is 6. The van der Waals surface area contributed by atoms with E-state index in [2.05, 4.69) is 10.6 Å². The van der Waals surface area contributed by atoms with Crippen LogP contribution in [0.2, 0.25) is 0 Å². The van der Waals surface area contributed by atoms with Gasteiger partial charge in [-0.15, -0.1) is 0 Å². The molecule has 34 heavy (non-hydrogen) atoms. The second kappa shape index (κ2) is 8.29. The molecule has 0 spiro atoms. The number of imide groups is 1. The summed E-state index contributed by atoms with van der Waals surface area (Å²) in [7, 11) is 1.66. The number of nitrogens with one attached hydrogen (secondary N) is 2. The summed E-state index contributed by atoms with van der Waals surface area (Å²) in [6, 6.07) is 13.1. The molecule has 2 fully saturated rings. The van der Waals surface area contributed by atoms with Crippen molar-refractivity contribution in [1.82, 2.24) is 20.0 Å². The summed E-state index contributed by atoms with van der Waals surface area (Å²) in [5.41, 5.74) is 2.45. The topological polar surface area (TPSA) is 119 Å². The Balaban J connectivity index is 1.33. The summed E-state index contributed by atoms with van der Waals surface area (Å²) in [6.07, 6.45) is -0.0536. The van der Waals surface area contributed by atoms with Crippen LogP contribution < -0.4 is 10.6 Å². The summed E-state index contributed by atoms with van der Waals surface area (Å²) in [5, 5.41) is 5.11. The molecule has 2 aromatic rings. The Morgan fingerprint density at radius 1 is 1.03 bits per heavy atom. The van der Waals surface area contributed by atoms with Crippen molar-refractivity contribution in [3.05, 3.63) is 65.2 Å². The quantitative estimate of drug-likeness (QED) is 0.671. The number of benzene rings is 2. The molecule has 3 heterocycles. The maximum atomic E-state index is 13.1. The van der Waals surface area contributed by atoms with E-state index in [1.807, 2.05) is 30.3 Å². The molecule has 3 aliphatic rings. The SMILES string of the molecule is CN1C(=O)CN(C(=O)Nc2ccc3c(c2)CN(C2CCC(=O)NC2=O)C3=O)C1c1ccccc1. The van der Waals surface area contributed by atoms with Crippen LogP contribution in [0.4, 0.5) is 10.5 Å². The number of urea groups is 1. The fourth-order valence-corrected chi connectivity index (χ4v) is 4.75. The third kappa shape index (κ3) is 3.66. The zero-order chi connectivity index (χ0) is 24.0. The van der Waals surface area contributed by atoms with Crippen LogP contribution >= 0.6 is 0 Å². The smallest absolute Gasteiger partial charge is 0.322 e. The Labute approximate surface area is 195 Å². The van der Waals surface area contributed by atoms with Crippen LogP contribution in [0.5, 0.6) is 0 Å². The lowest BCUT2D eigenvalue weighted by molar-refractivity contribution is -0.137. The highest BCUT2D eigenvalue weighted by molar-refractivity contribution is 6.05. The first-order chi connectivity index (χ1) is 16.3. The number of rotatable bonds is 3. The lowest BCUT2D eigenvalue weighted by Gasteiger charge is -2.29. The van der Waals surface area contributed by atoms with Gasteiger partial charge in [-0.1, -0.05) is 30.3 Å². The van der Waals surface area contributed by atoms with Gasteiger partial charge >= 0.3 is 6.03 Å². The highest BCUT2D eigenvalue weighted by atomic mass is 16.2. The Kier molecular flexibility index (Phi) is 5.27. The predicted octanol–water partition coefficient (Wildman–Crippen LogP) is 1.45. The summed E-state index contributed by atoms with van der Waals surface area (Å²) >= 11 is 0. The van der Waals surface area contributed by atoms with Crippen LogP contribution in [-0.2, 0) is 20.9 Å². The van der Waals surface area contributed by atoms with Gasteiger partial charge in [-0.05, 0) is 35.7 Å². The number of hydrogen-bond acceptors (Lipinski definition) is 5. The minimum absolute atomic E-state index is 0.0470. The number of nitrogens with zero attached hydrogens (tertiary/aromatic N) is 3. The van der Waals surface area contributed by atoms with Crippen molar-refractivity contribution < 1.29 is 24.0 Å². The minimum atomic E-state index is -0.701. The summed E-state index contributed by atoms with van der Waals surface area (Å²) < 4.78 is 0. The summed E-state index contributed by atoms with van der Waals surface area (Å²) in [4.78, 5) is 66.5. The second-order valence-corrected chi connectivity index (χ2v) is 8.62. The molecule has 0 saturated carbocycles. The Hall–Kier alpha value is -4.21. The van der Waals surface area contributed by atoms with Gasteiger partial charge in [0.15, 0.2) is 0 Å². The van der Waals surface area contributed by atoms with Crippen LogP contribution in [0.3, 0.4) is 0 Å². The average molecular weight is 461 g/mol. The van der Waals surface area contributed by atoms with Gasteiger partial charge in [0.2, 0.25) is 17.7 Å². The zero-order valence-corrected chi connectivity index (χ0v) is 18.5. The number of carbonyl (C=O) groups excluding carboxylic acids is 5. The van der Waals surface area contributed by atoms with Gasteiger partial charge in [0.05, 0.1) is 0 Å². The molecule has 2 aromatic carbocycles. The molecule has 2 atom stereocenters. The van der Waals surface area contributed by atoms with Gasteiger partial charge in [-0.2, -0.15) is 0 Å². The number of piperidine rings is 1. The van der Waals surface area contributed by atoms with E-state index in [0.29, 0.717) is 16.8 Å². The molecule has 0 radical (unpaired) electrons. The van der Waals surface area contributed by atoms with E-state index in [1.165, 1.54) is 14.7 Å². The van der Waals surface area contributed by atoms with Gasteiger partial charge in [-0.25, -0.2) is 4.79 Å². The van der Waals surface area contributed by atoms with Crippen molar-refractivity contribution in [3.63, 3.8) is 0 Å². The number of hydrogen-bond donors (Lipinski definition) is 2. The van der Waals surface area contributed by atoms with E-state index in [4.69, 9.17) is 0 Å². The summed E-state index contributed by atoms with van der Waals surface area (Å²) in [5.74, 6) is -1.25. The molecule has 174 valence electrons. The van der Waals surface area contributed by atoms with Crippen molar-refractivity contribution in [3.8, 4) is 0 Å². The number of fused-ring (bicyclic) bond motifs is 1. The fourth-order valence-electron chi connectivity index (χ4n) is 4.75. The molecular weight excluding hydrogens is 438 g/mol. The minimum Gasteiger partial charge on any atom is -0.322 e. The maximum absolute atomic E-state index is 13.1. The van der Waals surface area contributed by atoms with Crippen LogP contribution in [0.1, 0.15) is 40.5 Å². The van der Waals surface area contributed by atoms with E-state index >= 15 is 0 Å². The van der Waals surface area contributed by atoms with Crippen LogP contribution in [0, 0.1) is 0 Å². The predicted molar refractivity (Wildman–Crippen MR) is 120 cm³/mol. The maximum Gasteiger partial charge on any atom is 0.324 e. The first-order valence-corrected chi connectivity index (χ1v) is 11.0. The Morgan fingerprint density at radius 3 is 2.53 bits per heavy atom. The normalized spacial score (nSPS) is 22.2. The molecule has 3 aliphatic heterocycles. The van der Waals surface area contributed by atoms with Crippen LogP contribution in [0.25, 0.3) is 0 Å². The van der Waals surface area contributed by atoms with E-state index < -0.39 is 24.1 Å². The van der Waals surface area contributed by atoms with Gasteiger partial charge < -0.3 is 15.1 Å². The molecule has 2 N–H and O–H groups in total. The first-order valence-electron chi connectivity index (χ1n) is 11.0. The first kappa shape index (κ1) is 21.6. The molecule has 10 heteroatoms. The fraction of sp³-hybridized carbons (Fsp3) is 0.292. The lowest BCUT2D eigenvalue weighted by Crippen LogP contribution is -2.52. The van der Waals surface area contributed by atoms with Gasteiger partial charge in [0.1, 0.15) is 18.8 Å². The lowest BCUT2D eigenvalue weighted by atomic mass is 10.0. The van der Waals surface area contributed by atoms with Gasteiger partial charge in [-0.3, -0.25) is 29.4 Å². The van der Waals surface area contributed by atoms with Crippen molar-refractivity contribution in [2.75, 3.05) is 18.9 Å². The Bertz CT molecular complexity index is 1210. The molecule has 0 bridgehead atoms. The molecule has 10 nitrogen and oxygen atoms in total. The number of carbonyl (C=O) groups is 5. The van der Waals surface area contributed by atoms with E-state index in [0.717, 1.165) is 5.56 Å². The van der Waals surface area contributed by atoms with E-state index in [9.17, 15) is 24.0 Å².